The maximum absolute atomic E-state index is 12.3. The van der Waals surface area contributed by atoms with Crippen molar-refractivity contribution in [2.24, 2.45) is 0 Å². The van der Waals surface area contributed by atoms with Crippen LogP contribution in [0.1, 0.15) is 39.2 Å². The Hall–Kier alpha value is -1.88. The third-order valence-corrected chi connectivity index (χ3v) is 3.37. The van der Waals surface area contributed by atoms with Crippen LogP contribution in [0.4, 0.5) is 0 Å². The monoisotopic (exact) mass is 294 g/mol. The zero-order valence-electron chi connectivity index (χ0n) is 12.6. The molecule has 1 rings (SSSR count). The molecule has 1 unspecified atom stereocenters. The Morgan fingerprint density at radius 1 is 1.14 bits per heavy atom. The average Bonchev–Trinajstić information content (AvgIpc) is 2.39. The van der Waals surface area contributed by atoms with E-state index in [1.54, 1.807) is 51.1 Å². The Morgan fingerprint density at radius 3 is 2.14 bits per heavy atom. The molecule has 0 saturated heterocycles. The predicted octanol–water partition coefficient (Wildman–Crippen LogP) is 2.12. The fraction of sp³-hybridized carbons (Fsp3) is 0.500. The summed E-state index contributed by atoms with van der Waals surface area (Å²) in [5, 5.41) is 19.6. The molecular formula is C16H22O5. The summed E-state index contributed by atoms with van der Waals surface area (Å²) in [7, 11) is 0. The second kappa shape index (κ2) is 6.72. The van der Waals surface area contributed by atoms with E-state index in [-0.39, 0.29) is 19.4 Å². The van der Waals surface area contributed by atoms with Crippen molar-refractivity contribution in [3.05, 3.63) is 35.9 Å². The topological polar surface area (TPSA) is 83.8 Å². The molecule has 0 heterocycles. The van der Waals surface area contributed by atoms with E-state index >= 15 is 0 Å². The molecule has 5 nitrogen and oxygen atoms in total. The van der Waals surface area contributed by atoms with Gasteiger partial charge in [-0.05, 0) is 39.2 Å². The summed E-state index contributed by atoms with van der Waals surface area (Å²) in [6, 6.07) is 8.29. The number of carbonyl (C=O) groups is 2. The molecule has 1 aromatic carbocycles. The number of rotatable bonds is 7. The second-order valence-electron chi connectivity index (χ2n) is 5.61. The van der Waals surface area contributed by atoms with Crippen LogP contribution in [0.3, 0.4) is 0 Å². The molecular weight excluding hydrogens is 272 g/mol. The highest BCUT2D eigenvalue weighted by Gasteiger charge is 2.49. The quantitative estimate of drug-likeness (QED) is 0.594. The minimum Gasteiger partial charge on any atom is -0.480 e. The van der Waals surface area contributed by atoms with Crippen LogP contribution in [-0.4, -0.2) is 34.4 Å². The molecule has 0 aromatic heterocycles. The molecule has 0 amide bonds. The molecule has 5 heteroatoms. The lowest BCUT2D eigenvalue weighted by atomic mass is 9.75. The first-order chi connectivity index (χ1) is 9.74. The number of ether oxygens (including phenoxy) is 1. The minimum absolute atomic E-state index is 0.0331. The second-order valence-corrected chi connectivity index (χ2v) is 5.61. The fourth-order valence-corrected chi connectivity index (χ4v) is 2.15. The van der Waals surface area contributed by atoms with E-state index in [1.165, 1.54) is 0 Å². The molecule has 1 aromatic rings. The number of benzene rings is 1. The van der Waals surface area contributed by atoms with Gasteiger partial charge < -0.3 is 14.9 Å². The lowest BCUT2D eigenvalue weighted by molar-refractivity contribution is -0.162. The SMILES string of the molecule is CCOC(=O)C(CCC(C)(C)O)(C(=O)O)c1ccccc1. The highest BCUT2D eigenvalue weighted by Crippen LogP contribution is 2.34. The van der Waals surface area contributed by atoms with Gasteiger partial charge in [-0.2, -0.15) is 0 Å². The lowest BCUT2D eigenvalue weighted by Gasteiger charge is -2.30. The Labute approximate surface area is 124 Å². The fourth-order valence-electron chi connectivity index (χ4n) is 2.15. The normalized spacial score (nSPS) is 14.3. The van der Waals surface area contributed by atoms with Crippen LogP contribution in [0, 0.1) is 0 Å². The standard InChI is InChI=1S/C16H22O5/c1-4-21-14(19)16(13(17)18,11-10-15(2,3)20)12-8-6-5-7-9-12/h5-9,20H,4,10-11H2,1-3H3,(H,17,18). The number of hydrogen-bond donors (Lipinski definition) is 2. The summed E-state index contributed by atoms with van der Waals surface area (Å²) >= 11 is 0. The first-order valence-electron chi connectivity index (χ1n) is 6.92. The number of carbonyl (C=O) groups excluding carboxylic acids is 1. The molecule has 0 radical (unpaired) electrons. The van der Waals surface area contributed by atoms with E-state index in [2.05, 4.69) is 0 Å². The molecule has 21 heavy (non-hydrogen) atoms. The predicted molar refractivity (Wildman–Crippen MR) is 77.9 cm³/mol. The van der Waals surface area contributed by atoms with Crippen molar-refractivity contribution in [3.63, 3.8) is 0 Å². The number of esters is 1. The number of carboxylic acids is 1. The lowest BCUT2D eigenvalue weighted by Crippen LogP contribution is -2.46. The molecule has 0 saturated carbocycles. The van der Waals surface area contributed by atoms with Crippen LogP contribution in [0.2, 0.25) is 0 Å². The van der Waals surface area contributed by atoms with Crippen LogP contribution in [0.25, 0.3) is 0 Å². The first-order valence-corrected chi connectivity index (χ1v) is 6.92. The summed E-state index contributed by atoms with van der Waals surface area (Å²) in [6.45, 7) is 4.89. The van der Waals surface area contributed by atoms with Crippen molar-refractivity contribution in [2.75, 3.05) is 6.61 Å². The minimum atomic E-state index is -1.79. The van der Waals surface area contributed by atoms with Crippen molar-refractivity contribution < 1.29 is 24.5 Å². The van der Waals surface area contributed by atoms with E-state index in [4.69, 9.17) is 4.74 Å². The number of carboxylic acid groups (broad SMARTS) is 1. The Morgan fingerprint density at radius 2 is 1.71 bits per heavy atom. The summed E-state index contributed by atoms with van der Waals surface area (Å²) in [4.78, 5) is 24.2. The molecule has 1 atom stereocenters. The van der Waals surface area contributed by atoms with Gasteiger partial charge in [0.05, 0.1) is 12.2 Å². The molecule has 2 N–H and O–H groups in total. The van der Waals surface area contributed by atoms with Crippen LogP contribution < -0.4 is 0 Å². The van der Waals surface area contributed by atoms with E-state index in [9.17, 15) is 19.8 Å². The number of hydrogen-bond acceptors (Lipinski definition) is 4. The van der Waals surface area contributed by atoms with Gasteiger partial charge in [-0.15, -0.1) is 0 Å². The number of aliphatic hydroxyl groups is 1. The molecule has 0 aliphatic rings. The molecule has 0 spiro atoms. The van der Waals surface area contributed by atoms with E-state index in [1.807, 2.05) is 0 Å². The summed E-state index contributed by atoms with van der Waals surface area (Å²) < 4.78 is 4.99. The van der Waals surface area contributed by atoms with Gasteiger partial charge in [0.25, 0.3) is 0 Å². The van der Waals surface area contributed by atoms with Gasteiger partial charge in [-0.25, -0.2) is 0 Å². The number of aliphatic carboxylic acids is 1. The molecule has 0 fully saturated rings. The summed E-state index contributed by atoms with van der Waals surface area (Å²) in [5.41, 5.74) is -2.50. The third kappa shape index (κ3) is 4.04. The first kappa shape index (κ1) is 17.2. The van der Waals surface area contributed by atoms with Crippen LogP contribution >= 0.6 is 0 Å². The Bertz CT molecular complexity index is 489. The zero-order valence-corrected chi connectivity index (χ0v) is 12.6. The molecule has 0 bridgehead atoms. The van der Waals surface area contributed by atoms with Crippen molar-refractivity contribution in [1.29, 1.82) is 0 Å². The van der Waals surface area contributed by atoms with Gasteiger partial charge in [0.1, 0.15) is 0 Å². The van der Waals surface area contributed by atoms with E-state index in [0.29, 0.717) is 5.56 Å². The van der Waals surface area contributed by atoms with Gasteiger partial charge in [0.15, 0.2) is 5.41 Å². The molecule has 0 aliphatic carbocycles. The summed E-state index contributed by atoms with van der Waals surface area (Å²) in [5.74, 6) is -2.07. The van der Waals surface area contributed by atoms with Gasteiger partial charge in [-0.3, -0.25) is 9.59 Å². The highest BCUT2D eigenvalue weighted by atomic mass is 16.5. The van der Waals surface area contributed by atoms with Crippen LogP contribution in [0.5, 0.6) is 0 Å². The van der Waals surface area contributed by atoms with E-state index in [0.717, 1.165) is 0 Å². The van der Waals surface area contributed by atoms with Crippen LogP contribution in [0.15, 0.2) is 30.3 Å². The van der Waals surface area contributed by atoms with Gasteiger partial charge >= 0.3 is 11.9 Å². The highest BCUT2D eigenvalue weighted by molar-refractivity contribution is 6.05. The van der Waals surface area contributed by atoms with E-state index < -0.39 is 23.0 Å². The largest absolute Gasteiger partial charge is 0.480 e. The van der Waals surface area contributed by atoms with Crippen molar-refractivity contribution in [3.8, 4) is 0 Å². The van der Waals surface area contributed by atoms with Crippen molar-refractivity contribution in [1.82, 2.24) is 0 Å². The Balaban J connectivity index is 3.30. The smallest absolute Gasteiger partial charge is 0.328 e. The van der Waals surface area contributed by atoms with Crippen LogP contribution in [-0.2, 0) is 19.7 Å². The van der Waals surface area contributed by atoms with Gasteiger partial charge in [-0.1, -0.05) is 30.3 Å². The van der Waals surface area contributed by atoms with Gasteiger partial charge in [0.2, 0.25) is 0 Å². The summed E-state index contributed by atoms with van der Waals surface area (Å²) in [6.07, 6.45) is 0.127. The Kier molecular flexibility index (Phi) is 5.49. The maximum atomic E-state index is 12.3. The average molecular weight is 294 g/mol. The van der Waals surface area contributed by atoms with Crippen molar-refractivity contribution in [2.45, 2.75) is 44.6 Å². The zero-order chi connectivity index (χ0) is 16.1. The van der Waals surface area contributed by atoms with Crippen molar-refractivity contribution >= 4 is 11.9 Å². The maximum Gasteiger partial charge on any atom is 0.328 e. The van der Waals surface area contributed by atoms with Gasteiger partial charge in [0, 0.05) is 0 Å². The molecule has 0 aliphatic heterocycles. The molecule has 116 valence electrons. The third-order valence-electron chi connectivity index (χ3n) is 3.37.